The molecule has 1 aromatic heterocycles. The lowest BCUT2D eigenvalue weighted by Crippen LogP contribution is -2.40. The number of aryl methyl sites for hydroxylation is 2. The molecule has 39 heavy (non-hydrogen) atoms. The smallest absolute Gasteiger partial charge is 0.273 e. The van der Waals surface area contributed by atoms with Gasteiger partial charge in [-0.05, 0) is 54.7 Å². The van der Waals surface area contributed by atoms with Crippen LogP contribution in [0.5, 0.6) is 5.75 Å². The number of fused-ring (bicyclic) bond motifs is 1. The summed E-state index contributed by atoms with van der Waals surface area (Å²) < 4.78 is 11.5. The van der Waals surface area contributed by atoms with Gasteiger partial charge in [0.25, 0.3) is 5.91 Å². The van der Waals surface area contributed by atoms with Crippen LogP contribution in [0.15, 0.2) is 77.4 Å². The van der Waals surface area contributed by atoms with Crippen LogP contribution in [0, 0.1) is 13.8 Å². The third-order valence-electron chi connectivity index (χ3n) is 7.01. The summed E-state index contributed by atoms with van der Waals surface area (Å²) in [5.74, 6) is 0.792. The lowest BCUT2D eigenvalue weighted by molar-refractivity contribution is -0.132. The number of ether oxygens (including phenoxy) is 1. The predicted octanol–water partition coefficient (Wildman–Crippen LogP) is 5.68. The van der Waals surface area contributed by atoms with E-state index >= 15 is 0 Å². The van der Waals surface area contributed by atoms with E-state index in [1.54, 1.807) is 0 Å². The Bertz CT molecular complexity index is 1490. The van der Waals surface area contributed by atoms with Crippen LogP contribution in [0.3, 0.4) is 0 Å². The first-order chi connectivity index (χ1) is 18.9. The first kappa shape index (κ1) is 26.2. The third kappa shape index (κ3) is 6.03. The van der Waals surface area contributed by atoms with Crippen molar-refractivity contribution < 1.29 is 18.7 Å². The molecule has 1 aliphatic rings. The van der Waals surface area contributed by atoms with Gasteiger partial charge in [-0.25, -0.2) is 4.98 Å². The first-order valence-electron chi connectivity index (χ1n) is 13.3. The number of oxazole rings is 1. The molecule has 0 saturated carbocycles. The van der Waals surface area contributed by atoms with Crippen molar-refractivity contribution in [3.8, 4) is 5.75 Å². The van der Waals surface area contributed by atoms with E-state index in [1.807, 2.05) is 61.2 Å². The van der Waals surface area contributed by atoms with E-state index in [0.717, 1.165) is 34.2 Å². The molecule has 1 N–H and O–H groups in total. The molecule has 200 valence electrons. The van der Waals surface area contributed by atoms with Crippen molar-refractivity contribution >= 4 is 11.8 Å². The molecule has 0 aliphatic carbocycles. The maximum atomic E-state index is 12.9. The van der Waals surface area contributed by atoms with E-state index in [1.165, 1.54) is 11.8 Å². The van der Waals surface area contributed by atoms with E-state index < -0.39 is 0 Å². The Labute approximate surface area is 228 Å². The average molecular weight is 524 g/mol. The fourth-order valence-electron chi connectivity index (χ4n) is 5.08. The summed E-state index contributed by atoms with van der Waals surface area (Å²) in [6, 6.07) is 22.1. The van der Waals surface area contributed by atoms with E-state index in [2.05, 4.69) is 41.5 Å². The summed E-state index contributed by atoms with van der Waals surface area (Å²) in [5, 5.41) is 2.87. The van der Waals surface area contributed by atoms with E-state index in [4.69, 9.17) is 9.15 Å². The van der Waals surface area contributed by atoms with Crippen LogP contribution < -0.4 is 10.1 Å². The second-order valence-electron chi connectivity index (χ2n) is 9.95. The standard InChI is InChI=1S/C32H33N3O4/c1-4-30(36)35-14-13-24-11-12-26(17-27(24)31(35)25-10-6-8-22(3)16-25)38-20-29-34-28(19-39-29)32(37)33-18-23-9-5-7-21(2)15-23/h5-12,15-17,19,31H,4,13-14,18,20H2,1-3H3,(H,33,37). The maximum Gasteiger partial charge on any atom is 0.273 e. The SMILES string of the molecule is CCC(=O)N1CCc2ccc(OCc3nc(C(=O)NCc4cccc(C)c4)co3)cc2C1c1cccc(C)c1. The normalized spacial score (nSPS) is 14.5. The van der Waals surface area contributed by atoms with Gasteiger partial charge in [0.1, 0.15) is 12.0 Å². The summed E-state index contributed by atoms with van der Waals surface area (Å²) >= 11 is 0. The van der Waals surface area contributed by atoms with Crippen molar-refractivity contribution in [2.75, 3.05) is 6.54 Å². The minimum absolute atomic E-state index is 0.0800. The molecule has 0 fully saturated rings. The fraction of sp³-hybridized carbons (Fsp3) is 0.281. The van der Waals surface area contributed by atoms with Crippen LogP contribution in [0.4, 0.5) is 0 Å². The maximum absolute atomic E-state index is 12.9. The molecule has 1 aliphatic heterocycles. The highest BCUT2D eigenvalue weighted by molar-refractivity contribution is 5.91. The summed E-state index contributed by atoms with van der Waals surface area (Å²) in [6.07, 6.45) is 2.60. The van der Waals surface area contributed by atoms with Gasteiger partial charge in [-0.15, -0.1) is 0 Å². The van der Waals surface area contributed by atoms with Crippen molar-refractivity contribution in [2.24, 2.45) is 0 Å². The Morgan fingerprint density at radius 1 is 1.05 bits per heavy atom. The van der Waals surface area contributed by atoms with Gasteiger partial charge in [-0.1, -0.05) is 72.6 Å². The summed E-state index contributed by atoms with van der Waals surface area (Å²) in [7, 11) is 0. The number of benzene rings is 3. The van der Waals surface area contributed by atoms with Crippen LogP contribution >= 0.6 is 0 Å². The van der Waals surface area contributed by atoms with Gasteiger partial charge in [0.05, 0.1) is 6.04 Å². The highest BCUT2D eigenvalue weighted by Gasteiger charge is 2.31. The Balaban J connectivity index is 1.29. The molecule has 0 saturated heterocycles. The molecule has 5 rings (SSSR count). The van der Waals surface area contributed by atoms with Gasteiger partial charge in [0.2, 0.25) is 11.8 Å². The molecule has 7 nitrogen and oxygen atoms in total. The van der Waals surface area contributed by atoms with E-state index in [9.17, 15) is 9.59 Å². The van der Waals surface area contributed by atoms with Gasteiger partial charge in [-0.2, -0.15) is 0 Å². The topological polar surface area (TPSA) is 84.7 Å². The van der Waals surface area contributed by atoms with Gasteiger partial charge >= 0.3 is 0 Å². The highest BCUT2D eigenvalue weighted by atomic mass is 16.5. The molecule has 2 amide bonds. The van der Waals surface area contributed by atoms with Gasteiger partial charge in [0, 0.05) is 19.5 Å². The number of hydrogen-bond donors (Lipinski definition) is 1. The molecule has 1 unspecified atom stereocenters. The van der Waals surface area contributed by atoms with Crippen molar-refractivity contribution in [2.45, 2.75) is 52.8 Å². The van der Waals surface area contributed by atoms with Crippen molar-refractivity contribution in [3.05, 3.63) is 118 Å². The number of nitrogens with zero attached hydrogens (tertiary/aromatic N) is 2. The first-order valence-corrected chi connectivity index (χ1v) is 13.3. The molecular weight excluding hydrogens is 490 g/mol. The lowest BCUT2D eigenvalue weighted by Gasteiger charge is -2.38. The molecule has 2 heterocycles. The van der Waals surface area contributed by atoms with Crippen LogP contribution in [0.1, 0.15) is 69.1 Å². The zero-order chi connectivity index (χ0) is 27.4. The van der Waals surface area contributed by atoms with Crippen molar-refractivity contribution in [1.82, 2.24) is 15.2 Å². The summed E-state index contributed by atoms with van der Waals surface area (Å²) in [6.45, 7) is 7.15. The quantitative estimate of drug-likeness (QED) is 0.321. The molecule has 0 bridgehead atoms. The van der Waals surface area contributed by atoms with Crippen LogP contribution in [-0.2, 0) is 24.4 Å². The Morgan fingerprint density at radius 3 is 2.62 bits per heavy atom. The van der Waals surface area contributed by atoms with Gasteiger partial charge in [-0.3, -0.25) is 9.59 Å². The molecule has 7 heteroatoms. The van der Waals surface area contributed by atoms with E-state index in [0.29, 0.717) is 31.2 Å². The zero-order valence-corrected chi connectivity index (χ0v) is 22.6. The number of hydrogen-bond acceptors (Lipinski definition) is 5. The molecule has 0 radical (unpaired) electrons. The Kier molecular flexibility index (Phi) is 7.77. The Hall–Kier alpha value is -4.39. The van der Waals surface area contributed by atoms with Gasteiger partial charge in [0.15, 0.2) is 12.3 Å². The fourth-order valence-corrected chi connectivity index (χ4v) is 5.08. The predicted molar refractivity (Wildman–Crippen MR) is 148 cm³/mol. The van der Waals surface area contributed by atoms with E-state index in [-0.39, 0.29) is 30.2 Å². The lowest BCUT2D eigenvalue weighted by atomic mass is 9.87. The highest BCUT2D eigenvalue weighted by Crippen LogP contribution is 2.38. The average Bonchev–Trinajstić information content (AvgIpc) is 3.43. The monoisotopic (exact) mass is 523 g/mol. The minimum atomic E-state index is -0.304. The largest absolute Gasteiger partial charge is 0.484 e. The molecule has 4 aromatic rings. The number of carbonyl (C=O) groups is 2. The number of rotatable bonds is 8. The van der Waals surface area contributed by atoms with Crippen molar-refractivity contribution in [3.63, 3.8) is 0 Å². The van der Waals surface area contributed by atoms with Crippen molar-refractivity contribution in [1.29, 1.82) is 0 Å². The number of nitrogens with one attached hydrogen (secondary N) is 1. The number of carbonyl (C=O) groups excluding carboxylic acids is 2. The summed E-state index contributed by atoms with van der Waals surface area (Å²) in [4.78, 5) is 31.7. The number of aromatic nitrogens is 1. The third-order valence-corrected chi connectivity index (χ3v) is 7.01. The molecular formula is C32H33N3O4. The second-order valence-corrected chi connectivity index (χ2v) is 9.95. The molecule has 0 spiro atoms. The zero-order valence-electron chi connectivity index (χ0n) is 22.6. The van der Waals surface area contributed by atoms with Crippen LogP contribution in [0.25, 0.3) is 0 Å². The molecule has 3 aromatic carbocycles. The molecule has 1 atom stereocenters. The second kappa shape index (κ2) is 11.6. The van der Waals surface area contributed by atoms with Crippen LogP contribution in [0.2, 0.25) is 0 Å². The van der Waals surface area contributed by atoms with Crippen LogP contribution in [-0.4, -0.2) is 28.2 Å². The van der Waals surface area contributed by atoms with Gasteiger partial charge < -0.3 is 19.4 Å². The summed E-state index contributed by atoms with van der Waals surface area (Å²) in [5.41, 5.74) is 6.88. The number of amides is 2. The Morgan fingerprint density at radius 2 is 1.85 bits per heavy atom. The minimum Gasteiger partial charge on any atom is -0.484 e.